The first kappa shape index (κ1) is 24.6. The quantitative estimate of drug-likeness (QED) is 0.389. The number of nitrogens with one attached hydrogen (secondary N) is 3. The average molecular weight is 470 g/mol. The van der Waals surface area contributed by atoms with Gasteiger partial charge in [0.15, 0.2) is 0 Å². The van der Waals surface area contributed by atoms with E-state index < -0.39 is 23.8 Å². The molecule has 0 aliphatic rings. The Bertz CT molecular complexity index is 1100. The second kappa shape index (κ2) is 11.2. The number of hydrogen-bond acceptors (Lipinski definition) is 2. The molecule has 4 amide bonds. The van der Waals surface area contributed by atoms with Crippen molar-refractivity contribution in [1.82, 2.24) is 5.32 Å². The maximum absolute atomic E-state index is 13.0. The van der Waals surface area contributed by atoms with Crippen LogP contribution in [0.15, 0.2) is 78.9 Å². The van der Waals surface area contributed by atoms with E-state index in [-0.39, 0.29) is 18.8 Å². The van der Waals surface area contributed by atoms with E-state index in [2.05, 4.69) is 16.0 Å². The lowest BCUT2D eigenvalue weighted by Crippen LogP contribution is -2.42. The van der Waals surface area contributed by atoms with Crippen molar-refractivity contribution in [2.45, 2.75) is 19.5 Å². The van der Waals surface area contributed by atoms with E-state index >= 15 is 0 Å². The smallest absolute Gasteiger partial charge is 0.336 e. The topological polar surface area (TPSA) is 73.5 Å². The fourth-order valence-corrected chi connectivity index (χ4v) is 3.20. The minimum absolute atomic E-state index is 0.0157. The van der Waals surface area contributed by atoms with E-state index in [9.17, 15) is 22.8 Å². The molecule has 9 heteroatoms. The number of carbonyl (C=O) groups excluding carboxylic acids is 2. The number of amides is 4. The summed E-state index contributed by atoms with van der Waals surface area (Å²) in [6.45, 7) is 2.25. The van der Waals surface area contributed by atoms with Crippen LogP contribution in [0.3, 0.4) is 0 Å². The molecule has 0 fully saturated rings. The van der Waals surface area contributed by atoms with Gasteiger partial charge in [0.25, 0.3) is 0 Å². The maximum atomic E-state index is 13.0. The van der Waals surface area contributed by atoms with Gasteiger partial charge in [-0.05, 0) is 54.4 Å². The highest BCUT2D eigenvalue weighted by atomic mass is 19.4. The third-order valence-electron chi connectivity index (χ3n) is 5.00. The van der Waals surface area contributed by atoms with Crippen LogP contribution < -0.4 is 20.9 Å². The van der Waals surface area contributed by atoms with Crippen LogP contribution in [0.25, 0.3) is 0 Å². The van der Waals surface area contributed by atoms with Crippen LogP contribution in [0.5, 0.6) is 0 Å². The largest absolute Gasteiger partial charge is 0.416 e. The number of hydrogen-bond donors (Lipinski definition) is 3. The van der Waals surface area contributed by atoms with Crippen molar-refractivity contribution in [1.29, 1.82) is 0 Å². The second-order valence-electron chi connectivity index (χ2n) is 7.43. The Morgan fingerprint density at radius 2 is 1.56 bits per heavy atom. The van der Waals surface area contributed by atoms with E-state index in [0.29, 0.717) is 11.4 Å². The van der Waals surface area contributed by atoms with Gasteiger partial charge in [-0.1, -0.05) is 43.3 Å². The van der Waals surface area contributed by atoms with Gasteiger partial charge < -0.3 is 16.0 Å². The van der Waals surface area contributed by atoms with Crippen LogP contribution >= 0.6 is 0 Å². The normalized spacial score (nSPS) is 10.9. The standard InChI is InChI=1S/C25H25F3N4O2/c1-2-18-11-13-20(14-12-18)30-23(33)29-15-16-32(22-9-4-3-5-10-22)24(34)31-21-8-6-7-19(17-21)25(26,27)28/h3-14,17H,2,15-16H2,1H3,(H,31,34)(H2,29,30,33). The molecule has 0 atom stereocenters. The van der Waals surface area contributed by atoms with Crippen LogP contribution in [-0.4, -0.2) is 25.2 Å². The zero-order chi connectivity index (χ0) is 24.6. The van der Waals surface area contributed by atoms with Crippen molar-refractivity contribution in [3.8, 4) is 0 Å². The highest BCUT2D eigenvalue weighted by Crippen LogP contribution is 2.30. The predicted octanol–water partition coefficient (Wildman–Crippen LogP) is 6.13. The lowest BCUT2D eigenvalue weighted by Gasteiger charge is -2.24. The summed E-state index contributed by atoms with van der Waals surface area (Å²) < 4.78 is 39.0. The van der Waals surface area contributed by atoms with Gasteiger partial charge in [-0.3, -0.25) is 4.90 Å². The Kier molecular flexibility index (Phi) is 8.13. The molecule has 0 aromatic heterocycles. The number of aryl methyl sites for hydroxylation is 1. The highest BCUT2D eigenvalue weighted by Gasteiger charge is 2.30. The highest BCUT2D eigenvalue weighted by molar-refractivity contribution is 6.01. The second-order valence-corrected chi connectivity index (χ2v) is 7.43. The van der Waals surface area contributed by atoms with Gasteiger partial charge in [0.1, 0.15) is 0 Å². The summed E-state index contributed by atoms with van der Waals surface area (Å²) in [5, 5.41) is 7.91. The maximum Gasteiger partial charge on any atom is 0.416 e. The molecule has 6 nitrogen and oxygen atoms in total. The van der Waals surface area contributed by atoms with Crippen LogP contribution in [0, 0.1) is 0 Å². The summed E-state index contributed by atoms with van der Waals surface area (Å²) in [4.78, 5) is 26.5. The van der Waals surface area contributed by atoms with Crippen molar-refractivity contribution >= 4 is 29.1 Å². The Morgan fingerprint density at radius 3 is 2.21 bits per heavy atom. The number of para-hydroxylation sites is 1. The number of nitrogens with zero attached hydrogens (tertiary/aromatic N) is 1. The van der Waals surface area contributed by atoms with E-state index in [1.807, 2.05) is 19.1 Å². The van der Waals surface area contributed by atoms with Gasteiger partial charge >= 0.3 is 18.2 Å². The number of benzene rings is 3. The summed E-state index contributed by atoms with van der Waals surface area (Å²) in [6.07, 6.45) is -3.63. The molecule has 3 aromatic carbocycles. The molecule has 3 aromatic rings. The molecular weight excluding hydrogens is 445 g/mol. The van der Waals surface area contributed by atoms with Crippen LogP contribution in [0.1, 0.15) is 18.1 Å². The van der Waals surface area contributed by atoms with Gasteiger partial charge in [0.2, 0.25) is 0 Å². The van der Waals surface area contributed by atoms with Crippen LogP contribution in [0.2, 0.25) is 0 Å². The molecule has 0 unspecified atom stereocenters. The number of anilines is 3. The first-order chi connectivity index (χ1) is 16.3. The van der Waals surface area contributed by atoms with E-state index in [1.165, 1.54) is 17.0 Å². The van der Waals surface area contributed by atoms with Gasteiger partial charge in [0.05, 0.1) is 5.56 Å². The zero-order valence-corrected chi connectivity index (χ0v) is 18.5. The van der Waals surface area contributed by atoms with Gasteiger partial charge in [-0.15, -0.1) is 0 Å². The molecule has 0 heterocycles. The summed E-state index contributed by atoms with van der Waals surface area (Å²) >= 11 is 0. The number of carbonyl (C=O) groups is 2. The Labute approximate surface area is 195 Å². The molecule has 178 valence electrons. The first-order valence-electron chi connectivity index (χ1n) is 10.7. The monoisotopic (exact) mass is 470 g/mol. The fraction of sp³-hybridized carbons (Fsp3) is 0.200. The Hall–Kier alpha value is -4.01. The molecule has 34 heavy (non-hydrogen) atoms. The summed E-state index contributed by atoms with van der Waals surface area (Å²) in [7, 11) is 0. The molecule has 3 rings (SSSR count). The van der Waals surface area contributed by atoms with Crippen molar-refractivity contribution in [2.24, 2.45) is 0 Å². The third kappa shape index (κ3) is 6.99. The summed E-state index contributed by atoms with van der Waals surface area (Å²) in [5.74, 6) is 0. The van der Waals surface area contributed by atoms with Gasteiger partial charge in [-0.25, -0.2) is 9.59 Å². The van der Waals surface area contributed by atoms with E-state index in [0.717, 1.165) is 24.1 Å². The molecule has 0 radical (unpaired) electrons. The number of halogens is 3. The average Bonchev–Trinajstić information content (AvgIpc) is 2.82. The van der Waals surface area contributed by atoms with E-state index in [1.54, 1.807) is 42.5 Å². The number of urea groups is 2. The van der Waals surface area contributed by atoms with Gasteiger partial charge in [0, 0.05) is 30.2 Å². The molecule has 0 saturated carbocycles. The van der Waals surface area contributed by atoms with Crippen molar-refractivity contribution in [3.05, 3.63) is 90.0 Å². The molecule has 0 bridgehead atoms. The summed E-state index contributed by atoms with van der Waals surface area (Å²) in [6, 6.07) is 19.4. The van der Waals surface area contributed by atoms with Crippen LogP contribution in [0.4, 0.5) is 39.8 Å². The van der Waals surface area contributed by atoms with Gasteiger partial charge in [-0.2, -0.15) is 13.2 Å². The van der Waals surface area contributed by atoms with Crippen molar-refractivity contribution in [3.63, 3.8) is 0 Å². The SMILES string of the molecule is CCc1ccc(NC(=O)NCCN(C(=O)Nc2cccc(C(F)(F)F)c2)c2ccccc2)cc1. The summed E-state index contributed by atoms with van der Waals surface area (Å²) in [5.41, 5.74) is 1.47. The zero-order valence-electron chi connectivity index (χ0n) is 18.5. The van der Waals surface area contributed by atoms with Crippen molar-refractivity contribution < 1.29 is 22.8 Å². The molecule has 3 N–H and O–H groups in total. The first-order valence-corrected chi connectivity index (χ1v) is 10.7. The predicted molar refractivity (Wildman–Crippen MR) is 127 cm³/mol. The number of rotatable bonds is 7. The lowest BCUT2D eigenvalue weighted by atomic mass is 10.1. The molecule has 0 aliphatic heterocycles. The molecule has 0 spiro atoms. The molecule has 0 saturated heterocycles. The van der Waals surface area contributed by atoms with Crippen LogP contribution in [-0.2, 0) is 12.6 Å². The third-order valence-corrected chi connectivity index (χ3v) is 5.00. The minimum atomic E-state index is -4.52. The van der Waals surface area contributed by atoms with Crippen molar-refractivity contribution in [2.75, 3.05) is 28.6 Å². The fourth-order valence-electron chi connectivity index (χ4n) is 3.20. The minimum Gasteiger partial charge on any atom is -0.336 e. The Morgan fingerprint density at radius 1 is 0.853 bits per heavy atom. The molecule has 0 aliphatic carbocycles. The lowest BCUT2D eigenvalue weighted by molar-refractivity contribution is -0.137. The van der Waals surface area contributed by atoms with E-state index in [4.69, 9.17) is 0 Å². The number of alkyl halides is 3. The Balaban J connectivity index is 1.63. The molecular formula is C25H25F3N4O2.